The minimum absolute atomic E-state index is 0.00558. The van der Waals surface area contributed by atoms with Crippen LogP contribution < -0.4 is 16.4 Å². The molecule has 0 radical (unpaired) electrons. The van der Waals surface area contributed by atoms with Gasteiger partial charge < -0.3 is 16.4 Å². The van der Waals surface area contributed by atoms with Crippen LogP contribution in [0, 0.1) is 5.82 Å². The first-order valence-electron chi connectivity index (χ1n) is 7.68. The van der Waals surface area contributed by atoms with Crippen LogP contribution in [-0.4, -0.2) is 25.0 Å². The van der Waals surface area contributed by atoms with Crippen LogP contribution in [0.1, 0.15) is 43.7 Å². The Kier molecular flexibility index (Phi) is 6.14. The van der Waals surface area contributed by atoms with E-state index in [0.717, 1.165) is 5.56 Å². The second-order valence-corrected chi connectivity index (χ2v) is 5.61. The molecule has 2 heterocycles. The van der Waals surface area contributed by atoms with E-state index in [1.54, 1.807) is 12.1 Å². The lowest BCUT2D eigenvalue weighted by Gasteiger charge is -2.29. The fraction of sp³-hybridized carbons (Fsp3) is 0.562. The number of nitrogens with one attached hydrogen (secondary N) is 2. The molecule has 116 valence electrons. The summed E-state index contributed by atoms with van der Waals surface area (Å²) in [6, 6.07) is 5.79. The van der Waals surface area contributed by atoms with E-state index in [0.29, 0.717) is 12.8 Å². The van der Waals surface area contributed by atoms with E-state index in [4.69, 9.17) is 5.73 Å². The lowest BCUT2D eigenvalue weighted by Crippen LogP contribution is -2.45. The molecule has 3 rings (SSSR count). The molecule has 1 aromatic rings. The maximum Gasteiger partial charge on any atom is 0.220 e. The Morgan fingerprint density at radius 2 is 1.76 bits per heavy atom. The molecule has 5 heteroatoms. The molecule has 0 spiro atoms. The Morgan fingerprint density at radius 1 is 1.10 bits per heavy atom. The van der Waals surface area contributed by atoms with Gasteiger partial charge in [-0.3, -0.25) is 4.79 Å². The average molecular weight is 293 g/mol. The highest BCUT2D eigenvalue weighted by atomic mass is 19.1. The molecule has 2 saturated heterocycles. The van der Waals surface area contributed by atoms with Gasteiger partial charge in [0.1, 0.15) is 5.82 Å². The number of carbonyl (C=O) groups is 1. The van der Waals surface area contributed by atoms with E-state index in [-0.39, 0.29) is 23.8 Å². The molecule has 1 aromatic carbocycles. The first-order valence-corrected chi connectivity index (χ1v) is 7.68. The van der Waals surface area contributed by atoms with Crippen molar-refractivity contribution in [3.63, 3.8) is 0 Å². The van der Waals surface area contributed by atoms with E-state index in [9.17, 15) is 9.18 Å². The zero-order valence-corrected chi connectivity index (χ0v) is 12.3. The Bertz CT molecular complexity index is 434. The van der Waals surface area contributed by atoms with Crippen molar-refractivity contribution in [2.75, 3.05) is 13.1 Å². The molecule has 4 N–H and O–H groups in total. The SMILES string of the molecule is C1CCNCC1.NC1CCC(=O)NC1c1ccc(F)cc1. The fourth-order valence-corrected chi connectivity index (χ4v) is 2.62. The summed E-state index contributed by atoms with van der Waals surface area (Å²) in [5, 5.41) is 6.10. The van der Waals surface area contributed by atoms with Gasteiger partial charge in [-0.1, -0.05) is 18.6 Å². The van der Waals surface area contributed by atoms with Gasteiger partial charge in [-0.25, -0.2) is 4.39 Å². The third kappa shape index (κ3) is 5.10. The van der Waals surface area contributed by atoms with Crippen LogP contribution in [0.2, 0.25) is 0 Å². The van der Waals surface area contributed by atoms with Gasteiger partial charge in [-0.05, 0) is 50.0 Å². The highest BCUT2D eigenvalue weighted by Crippen LogP contribution is 2.22. The van der Waals surface area contributed by atoms with Crippen LogP contribution in [0.5, 0.6) is 0 Å². The summed E-state index contributed by atoms with van der Waals surface area (Å²) in [5.41, 5.74) is 6.76. The van der Waals surface area contributed by atoms with E-state index in [1.165, 1.54) is 44.5 Å². The van der Waals surface area contributed by atoms with Crippen molar-refractivity contribution < 1.29 is 9.18 Å². The van der Waals surface area contributed by atoms with Crippen LogP contribution in [0.4, 0.5) is 4.39 Å². The minimum atomic E-state index is -0.283. The molecular formula is C16H24FN3O. The molecule has 2 unspecified atom stereocenters. The van der Waals surface area contributed by atoms with Crippen molar-refractivity contribution in [3.8, 4) is 0 Å². The van der Waals surface area contributed by atoms with Gasteiger partial charge in [0.05, 0.1) is 6.04 Å². The van der Waals surface area contributed by atoms with Gasteiger partial charge in [0, 0.05) is 12.5 Å². The monoisotopic (exact) mass is 293 g/mol. The number of rotatable bonds is 1. The number of carbonyl (C=O) groups excluding carboxylic acids is 1. The molecule has 2 aliphatic rings. The van der Waals surface area contributed by atoms with Gasteiger partial charge in [0.25, 0.3) is 0 Å². The number of hydrogen-bond acceptors (Lipinski definition) is 3. The van der Waals surface area contributed by atoms with Crippen LogP contribution in [0.3, 0.4) is 0 Å². The second-order valence-electron chi connectivity index (χ2n) is 5.61. The Hall–Kier alpha value is -1.46. The van der Waals surface area contributed by atoms with E-state index >= 15 is 0 Å². The topological polar surface area (TPSA) is 67.1 Å². The van der Waals surface area contributed by atoms with Gasteiger partial charge >= 0.3 is 0 Å². The molecular weight excluding hydrogens is 269 g/mol. The number of hydrogen-bond donors (Lipinski definition) is 3. The quantitative estimate of drug-likeness (QED) is 0.740. The fourth-order valence-electron chi connectivity index (χ4n) is 2.62. The number of benzene rings is 1. The van der Waals surface area contributed by atoms with Crippen LogP contribution in [0.15, 0.2) is 24.3 Å². The standard InChI is InChI=1S/C11H13FN2O.C5H11N/c12-8-3-1-7(2-4-8)11-9(13)5-6-10(15)14-11;1-2-4-6-5-3-1/h1-4,9,11H,5-6,13H2,(H,14,15);6H,1-5H2. The van der Waals surface area contributed by atoms with Gasteiger partial charge in [0.15, 0.2) is 0 Å². The van der Waals surface area contributed by atoms with Gasteiger partial charge in [0.2, 0.25) is 5.91 Å². The molecule has 0 bridgehead atoms. The third-order valence-corrected chi connectivity index (χ3v) is 3.89. The summed E-state index contributed by atoms with van der Waals surface area (Å²) < 4.78 is 12.7. The van der Waals surface area contributed by atoms with E-state index in [1.807, 2.05) is 0 Å². The Morgan fingerprint density at radius 3 is 2.29 bits per heavy atom. The van der Waals surface area contributed by atoms with Crippen molar-refractivity contribution >= 4 is 5.91 Å². The highest BCUT2D eigenvalue weighted by Gasteiger charge is 2.26. The maximum atomic E-state index is 12.7. The van der Waals surface area contributed by atoms with Crippen LogP contribution in [0.25, 0.3) is 0 Å². The molecule has 2 aliphatic heterocycles. The first kappa shape index (κ1) is 15.9. The van der Waals surface area contributed by atoms with Crippen molar-refractivity contribution in [2.45, 2.75) is 44.2 Å². The predicted molar refractivity (Wildman–Crippen MR) is 81.2 cm³/mol. The summed E-state index contributed by atoms with van der Waals surface area (Å²) >= 11 is 0. The number of nitrogens with two attached hydrogens (primary N) is 1. The number of halogens is 1. The highest BCUT2D eigenvalue weighted by molar-refractivity contribution is 5.77. The van der Waals surface area contributed by atoms with E-state index in [2.05, 4.69) is 10.6 Å². The molecule has 1 amide bonds. The Labute approximate surface area is 125 Å². The largest absolute Gasteiger partial charge is 0.348 e. The van der Waals surface area contributed by atoms with Crippen molar-refractivity contribution in [1.82, 2.24) is 10.6 Å². The first-order chi connectivity index (χ1) is 10.2. The summed E-state index contributed by atoms with van der Waals surface area (Å²) in [6.07, 6.45) is 5.36. The predicted octanol–water partition coefficient (Wildman–Crippen LogP) is 1.86. The molecule has 0 saturated carbocycles. The minimum Gasteiger partial charge on any atom is -0.348 e. The summed E-state index contributed by atoms with van der Waals surface area (Å²) in [7, 11) is 0. The van der Waals surface area contributed by atoms with Crippen LogP contribution in [-0.2, 0) is 4.79 Å². The molecule has 2 atom stereocenters. The maximum absolute atomic E-state index is 12.7. The van der Waals surface area contributed by atoms with Gasteiger partial charge in [-0.2, -0.15) is 0 Å². The normalized spacial score (nSPS) is 25.5. The smallest absolute Gasteiger partial charge is 0.220 e. The lowest BCUT2D eigenvalue weighted by atomic mass is 9.93. The van der Waals surface area contributed by atoms with Crippen molar-refractivity contribution in [2.24, 2.45) is 5.73 Å². The average Bonchev–Trinajstić information content (AvgIpc) is 2.53. The zero-order valence-electron chi connectivity index (χ0n) is 12.3. The molecule has 0 aliphatic carbocycles. The Balaban J connectivity index is 0.000000225. The zero-order chi connectivity index (χ0) is 15.1. The molecule has 2 fully saturated rings. The third-order valence-electron chi connectivity index (χ3n) is 3.89. The summed E-state index contributed by atoms with van der Waals surface area (Å²) in [4.78, 5) is 11.2. The van der Waals surface area contributed by atoms with E-state index < -0.39 is 0 Å². The number of amides is 1. The summed E-state index contributed by atoms with van der Waals surface area (Å²) in [5.74, 6) is -0.277. The molecule has 0 aromatic heterocycles. The molecule has 4 nitrogen and oxygen atoms in total. The van der Waals surface area contributed by atoms with Crippen molar-refractivity contribution in [1.29, 1.82) is 0 Å². The van der Waals surface area contributed by atoms with Crippen molar-refractivity contribution in [3.05, 3.63) is 35.6 Å². The van der Waals surface area contributed by atoms with Gasteiger partial charge in [-0.15, -0.1) is 0 Å². The lowest BCUT2D eigenvalue weighted by molar-refractivity contribution is -0.123. The second kappa shape index (κ2) is 8.10. The molecule has 21 heavy (non-hydrogen) atoms. The number of piperidine rings is 2. The van der Waals surface area contributed by atoms with Crippen LogP contribution >= 0.6 is 0 Å². The summed E-state index contributed by atoms with van der Waals surface area (Å²) in [6.45, 7) is 2.50.